The van der Waals surface area contributed by atoms with E-state index in [1.165, 1.54) is 21.8 Å². The summed E-state index contributed by atoms with van der Waals surface area (Å²) in [5.41, 5.74) is 9.82. The lowest BCUT2D eigenvalue weighted by molar-refractivity contribution is 1.18. The summed E-state index contributed by atoms with van der Waals surface area (Å²) in [4.78, 5) is 0. The van der Waals surface area contributed by atoms with Crippen LogP contribution in [0.15, 0.2) is 140 Å². The molecule has 0 aliphatic rings. The number of para-hydroxylation sites is 3. The van der Waals surface area contributed by atoms with E-state index in [0.717, 1.165) is 44.3 Å². The van der Waals surface area contributed by atoms with Gasteiger partial charge in [-0.05, 0) is 77.9 Å². The molecule has 0 radical (unpaired) electrons. The van der Waals surface area contributed by atoms with E-state index < -0.39 is 0 Å². The van der Waals surface area contributed by atoms with Gasteiger partial charge in [0.1, 0.15) is 0 Å². The second-order valence-electron chi connectivity index (χ2n) is 10.1. The van der Waals surface area contributed by atoms with E-state index in [1.807, 2.05) is 18.2 Å². The number of rotatable bonds is 3. The van der Waals surface area contributed by atoms with Crippen LogP contribution < -0.4 is 0 Å². The van der Waals surface area contributed by atoms with Gasteiger partial charge in [-0.1, -0.05) is 72.8 Å². The van der Waals surface area contributed by atoms with Crippen molar-refractivity contribution in [3.63, 3.8) is 0 Å². The zero-order chi connectivity index (χ0) is 26.6. The predicted molar refractivity (Wildman–Crippen MR) is 165 cm³/mol. The molecule has 0 saturated heterocycles. The Kier molecular flexibility index (Phi) is 4.89. The molecule has 0 amide bonds. The van der Waals surface area contributed by atoms with Crippen molar-refractivity contribution < 1.29 is 0 Å². The van der Waals surface area contributed by atoms with Gasteiger partial charge in [0.15, 0.2) is 0 Å². The zero-order valence-electron chi connectivity index (χ0n) is 21.6. The lowest BCUT2D eigenvalue weighted by Gasteiger charge is -2.10. The molecule has 0 saturated carbocycles. The Morgan fingerprint density at radius 1 is 0.450 bits per heavy atom. The molecule has 0 unspecified atom stereocenters. The third-order valence-electron chi connectivity index (χ3n) is 7.93. The third-order valence-corrected chi connectivity index (χ3v) is 7.93. The number of hydrogen-bond acceptors (Lipinski definition) is 1. The molecule has 0 aliphatic carbocycles. The van der Waals surface area contributed by atoms with Gasteiger partial charge in [-0.15, -0.1) is 0 Å². The van der Waals surface area contributed by atoms with Gasteiger partial charge >= 0.3 is 0 Å². The van der Waals surface area contributed by atoms with Crippen LogP contribution in [0.3, 0.4) is 0 Å². The highest BCUT2D eigenvalue weighted by molar-refractivity contribution is 6.17. The molecule has 0 bridgehead atoms. The van der Waals surface area contributed by atoms with Gasteiger partial charge < -0.3 is 9.13 Å². The summed E-state index contributed by atoms with van der Waals surface area (Å²) in [7, 11) is 0. The number of aromatic nitrogens is 2. The molecule has 0 spiro atoms. The van der Waals surface area contributed by atoms with E-state index in [1.54, 1.807) is 0 Å². The fourth-order valence-corrected chi connectivity index (χ4v) is 6.23. The van der Waals surface area contributed by atoms with Crippen LogP contribution in [-0.2, 0) is 0 Å². The first-order chi connectivity index (χ1) is 19.8. The van der Waals surface area contributed by atoms with E-state index >= 15 is 0 Å². The van der Waals surface area contributed by atoms with Gasteiger partial charge in [-0.2, -0.15) is 5.26 Å². The van der Waals surface area contributed by atoms with Crippen LogP contribution in [0, 0.1) is 11.3 Å². The van der Waals surface area contributed by atoms with Crippen molar-refractivity contribution in [2.75, 3.05) is 0 Å². The molecule has 8 aromatic rings. The van der Waals surface area contributed by atoms with Crippen molar-refractivity contribution in [2.45, 2.75) is 0 Å². The SMILES string of the molecule is N#Cc1ccc2c(c1)c1c(-c3ccc4c(c3)c3ccccc3n4-c3ccccc3)cccc1n2-c1ccccc1. The van der Waals surface area contributed by atoms with Crippen molar-refractivity contribution >= 4 is 43.6 Å². The maximum atomic E-state index is 9.74. The molecule has 3 nitrogen and oxygen atoms in total. The molecule has 2 heterocycles. The van der Waals surface area contributed by atoms with Gasteiger partial charge in [0.25, 0.3) is 0 Å². The minimum absolute atomic E-state index is 0.663. The predicted octanol–water partition coefficient (Wildman–Crippen LogP) is 9.42. The first-order valence-corrected chi connectivity index (χ1v) is 13.4. The minimum atomic E-state index is 0.663. The molecule has 6 aromatic carbocycles. The molecule has 0 N–H and O–H groups in total. The van der Waals surface area contributed by atoms with Gasteiger partial charge in [-0.25, -0.2) is 0 Å². The molecule has 40 heavy (non-hydrogen) atoms. The summed E-state index contributed by atoms with van der Waals surface area (Å²) in [6, 6.07) is 51.3. The zero-order valence-corrected chi connectivity index (χ0v) is 21.6. The summed E-state index contributed by atoms with van der Waals surface area (Å²) in [5.74, 6) is 0. The molecule has 0 aliphatic heterocycles. The summed E-state index contributed by atoms with van der Waals surface area (Å²) in [6.07, 6.45) is 0. The summed E-state index contributed by atoms with van der Waals surface area (Å²) < 4.78 is 4.64. The lowest BCUT2D eigenvalue weighted by Crippen LogP contribution is -1.93. The van der Waals surface area contributed by atoms with Gasteiger partial charge in [0, 0.05) is 32.9 Å². The number of nitriles is 1. The van der Waals surface area contributed by atoms with Crippen molar-refractivity contribution in [1.29, 1.82) is 5.26 Å². The third kappa shape index (κ3) is 3.24. The van der Waals surface area contributed by atoms with Crippen LogP contribution in [-0.4, -0.2) is 9.13 Å². The van der Waals surface area contributed by atoms with Crippen LogP contribution in [0.2, 0.25) is 0 Å². The molecule has 8 rings (SSSR count). The molecular weight excluding hydrogens is 486 g/mol. The molecule has 0 atom stereocenters. The van der Waals surface area contributed by atoms with Crippen molar-refractivity contribution in [3.05, 3.63) is 145 Å². The number of hydrogen-bond donors (Lipinski definition) is 0. The second-order valence-corrected chi connectivity index (χ2v) is 10.1. The van der Waals surface area contributed by atoms with Crippen LogP contribution in [0.25, 0.3) is 66.1 Å². The van der Waals surface area contributed by atoms with E-state index in [-0.39, 0.29) is 0 Å². The quantitative estimate of drug-likeness (QED) is 0.233. The Labute approximate surface area is 231 Å². The first kappa shape index (κ1) is 22.4. The topological polar surface area (TPSA) is 33.6 Å². The van der Waals surface area contributed by atoms with Crippen LogP contribution >= 0.6 is 0 Å². The smallest absolute Gasteiger partial charge is 0.0991 e. The van der Waals surface area contributed by atoms with Gasteiger partial charge in [0.05, 0.1) is 33.7 Å². The minimum Gasteiger partial charge on any atom is -0.309 e. The van der Waals surface area contributed by atoms with Crippen molar-refractivity contribution in [3.8, 4) is 28.6 Å². The largest absolute Gasteiger partial charge is 0.309 e. The lowest BCUT2D eigenvalue weighted by atomic mass is 9.97. The van der Waals surface area contributed by atoms with Crippen LogP contribution in [0.5, 0.6) is 0 Å². The monoisotopic (exact) mass is 509 g/mol. The summed E-state index contributed by atoms with van der Waals surface area (Å²) >= 11 is 0. The Hall–Kier alpha value is -5.59. The summed E-state index contributed by atoms with van der Waals surface area (Å²) in [6.45, 7) is 0. The number of benzene rings is 6. The van der Waals surface area contributed by atoms with Crippen molar-refractivity contribution in [1.82, 2.24) is 9.13 Å². The first-order valence-electron chi connectivity index (χ1n) is 13.4. The van der Waals surface area contributed by atoms with Crippen LogP contribution in [0.1, 0.15) is 5.56 Å². The Balaban J connectivity index is 1.45. The highest BCUT2D eigenvalue weighted by Crippen LogP contribution is 2.41. The maximum absolute atomic E-state index is 9.74. The fraction of sp³-hybridized carbons (Fsp3) is 0. The second kappa shape index (κ2) is 8.73. The molecule has 3 heteroatoms. The average molecular weight is 510 g/mol. The van der Waals surface area contributed by atoms with Crippen LogP contribution in [0.4, 0.5) is 0 Å². The molecular formula is C37H23N3. The number of fused-ring (bicyclic) bond motifs is 6. The Morgan fingerprint density at radius 3 is 1.80 bits per heavy atom. The average Bonchev–Trinajstić information content (AvgIpc) is 3.54. The fourth-order valence-electron chi connectivity index (χ4n) is 6.23. The molecule has 186 valence electrons. The standard InChI is InChI=1S/C37H23N3/c38-24-25-18-20-35-32(22-25)37-29(15-9-17-36(37)40(35)28-12-5-2-6-13-28)26-19-21-34-31(23-26)30-14-7-8-16-33(30)39(34)27-10-3-1-4-11-27/h1-23H. The molecule has 0 fully saturated rings. The highest BCUT2D eigenvalue weighted by atomic mass is 15.0. The highest BCUT2D eigenvalue weighted by Gasteiger charge is 2.18. The van der Waals surface area contributed by atoms with Gasteiger partial charge in [-0.3, -0.25) is 0 Å². The Bertz CT molecular complexity index is 2260. The van der Waals surface area contributed by atoms with E-state index in [4.69, 9.17) is 0 Å². The van der Waals surface area contributed by atoms with E-state index in [9.17, 15) is 5.26 Å². The van der Waals surface area contributed by atoms with Gasteiger partial charge in [0.2, 0.25) is 0 Å². The Morgan fingerprint density at radius 2 is 1.05 bits per heavy atom. The van der Waals surface area contributed by atoms with Crippen molar-refractivity contribution in [2.24, 2.45) is 0 Å². The number of nitrogens with zero attached hydrogens (tertiary/aromatic N) is 3. The van der Waals surface area contributed by atoms with E-state index in [2.05, 4.69) is 137 Å². The normalized spacial score (nSPS) is 11.5. The maximum Gasteiger partial charge on any atom is 0.0991 e. The molecule has 2 aromatic heterocycles. The van der Waals surface area contributed by atoms with E-state index in [0.29, 0.717) is 5.56 Å². The summed E-state index contributed by atoms with van der Waals surface area (Å²) in [5, 5.41) is 14.4.